The minimum atomic E-state index is -3.54. The number of nitrogens with zero attached hydrogens (tertiary/aromatic N) is 2. The van der Waals surface area contributed by atoms with E-state index in [1.54, 1.807) is 0 Å². The summed E-state index contributed by atoms with van der Waals surface area (Å²) in [5.41, 5.74) is 2.96. The molecule has 5 nitrogen and oxygen atoms in total. The highest BCUT2D eigenvalue weighted by molar-refractivity contribution is 7.88. The van der Waals surface area contributed by atoms with E-state index >= 15 is 0 Å². The molecular weight excluding hydrogens is 348 g/mol. The Morgan fingerprint density at radius 1 is 1.08 bits per heavy atom. The lowest BCUT2D eigenvalue weighted by atomic mass is 9.78. The van der Waals surface area contributed by atoms with Crippen LogP contribution in [0.25, 0.3) is 12.2 Å². The lowest BCUT2D eigenvalue weighted by molar-refractivity contribution is 0.0564. The number of nitriles is 1. The van der Waals surface area contributed by atoms with Crippen molar-refractivity contribution in [3.05, 3.63) is 71.3 Å². The minimum Gasteiger partial charge on any atom is -0.395 e. The van der Waals surface area contributed by atoms with Crippen LogP contribution < -0.4 is 0 Å². The highest BCUT2D eigenvalue weighted by Gasteiger charge is 2.53. The van der Waals surface area contributed by atoms with Gasteiger partial charge in [0.05, 0.1) is 25.0 Å². The van der Waals surface area contributed by atoms with Crippen LogP contribution in [0, 0.1) is 11.3 Å². The van der Waals surface area contributed by atoms with E-state index in [9.17, 15) is 18.8 Å². The fourth-order valence-electron chi connectivity index (χ4n) is 3.41. The second-order valence-corrected chi connectivity index (χ2v) is 8.24. The summed E-state index contributed by atoms with van der Waals surface area (Å²) in [6, 6.07) is 18.3. The van der Waals surface area contributed by atoms with E-state index < -0.39 is 22.1 Å². The quantitative estimate of drug-likeness (QED) is 0.822. The monoisotopic (exact) mass is 368 g/mol. The van der Waals surface area contributed by atoms with E-state index in [0.29, 0.717) is 0 Å². The molecule has 1 aliphatic heterocycles. The summed E-state index contributed by atoms with van der Waals surface area (Å²) < 4.78 is 24.8. The highest BCUT2D eigenvalue weighted by atomic mass is 32.2. The summed E-state index contributed by atoms with van der Waals surface area (Å²) >= 11 is 0. The molecule has 1 heterocycles. The average molecular weight is 368 g/mol. The fraction of sp³-hybridized carbons (Fsp3) is 0.250. The van der Waals surface area contributed by atoms with Gasteiger partial charge >= 0.3 is 0 Å². The van der Waals surface area contributed by atoms with Gasteiger partial charge in [-0.2, -0.15) is 9.57 Å². The molecule has 0 radical (unpaired) electrons. The zero-order valence-electron chi connectivity index (χ0n) is 14.4. The molecule has 1 saturated heterocycles. The topological polar surface area (TPSA) is 81.4 Å². The Labute approximate surface area is 153 Å². The molecular formula is C20H20N2O3S. The fourth-order valence-corrected chi connectivity index (χ4v) is 4.69. The van der Waals surface area contributed by atoms with Crippen LogP contribution in [0.2, 0.25) is 0 Å². The van der Waals surface area contributed by atoms with Crippen molar-refractivity contribution in [1.82, 2.24) is 4.31 Å². The third kappa shape index (κ3) is 3.56. The lowest BCUT2D eigenvalue weighted by Crippen LogP contribution is -2.64. The van der Waals surface area contributed by atoms with Crippen LogP contribution in [0.5, 0.6) is 0 Å². The highest BCUT2D eigenvalue weighted by Crippen LogP contribution is 2.42. The first-order valence-corrected chi connectivity index (χ1v) is 10.1. The zero-order valence-corrected chi connectivity index (χ0v) is 15.2. The zero-order chi connectivity index (χ0) is 18.7. The van der Waals surface area contributed by atoms with E-state index in [1.807, 2.05) is 66.7 Å². The lowest BCUT2D eigenvalue weighted by Gasteiger charge is -2.49. The molecule has 1 aliphatic rings. The maximum absolute atomic E-state index is 11.9. The summed E-state index contributed by atoms with van der Waals surface area (Å²) in [5, 5.41) is 19.0. The Morgan fingerprint density at radius 2 is 1.65 bits per heavy atom. The van der Waals surface area contributed by atoms with Crippen molar-refractivity contribution in [3.8, 4) is 6.07 Å². The largest absolute Gasteiger partial charge is 0.395 e. The van der Waals surface area contributed by atoms with Crippen LogP contribution in [-0.4, -0.2) is 42.8 Å². The van der Waals surface area contributed by atoms with Crippen LogP contribution in [0.3, 0.4) is 0 Å². The van der Waals surface area contributed by atoms with Gasteiger partial charge in [0.1, 0.15) is 6.04 Å². The van der Waals surface area contributed by atoms with Gasteiger partial charge in [0.15, 0.2) is 0 Å². The molecule has 2 aromatic rings. The van der Waals surface area contributed by atoms with Crippen molar-refractivity contribution in [2.45, 2.75) is 18.0 Å². The van der Waals surface area contributed by atoms with E-state index in [-0.39, 0.29) is 12.5 Å². The second kappa shape index (κ2) is 7.42. The summed E-state index contributed by atoms with van der Waals surface area (Å²) in [6.07, 6.45) is 5.07. The predicted octanol–water partition coefficient (Wildman–Crippen LogP) is 2.47. The molecule has 3 rings (SSSR count). The summed E-state index contributed by atoms with van der Waals surface area (Å²) in [7, 11) is -3.54. The molecule has 0 amide bonds. The standard InChI is InChI=1S/C20H20N2O3S/c1-26(24,25)22-18(13-21)20(19(22)14-23)17-11-9-16(10-12-17)8-7-15-5-3-2-4-6-15/h2-12,18-20,23H,14H2,1H3/t18-,19-,20-/m1/s1. The van der Waals surface area contributed by atoms with Gasteiger partial charge in [-0.25, -0.2) is 8.42 Å². The second-order valence-electron chi connectivity index (χ2n) is 6.35. The number of hydrogen-bond acceptors (Lipinski definition) is 4. The summed E-state index contributed by atoms with van der Waals surface area (Å²) in [4.78, 5) is 0. The first-order valence-electron chi connectivity index (χ1n) is 8.28. The number of sulfonamides is 1. The minimum absolute atomic E-state index is 0.314. The van der Waals surface area contributed by atoms with Crippen molar-refractivity contribution in [1.29, 1.82) is 5.26 Å². The molecule has 134 valence electrons. The molecule has 0 bridgehead atoms. The third-order valence-corrected chi connectivity index (χ3v) is 5.91. The van der Waals surface area contributed by atoms with Crippen molar-refractivity contribution in [3.63, 3.8) is 0 Å². The smallest absolute Gasteiger partial charge is 0.212 e. The van der Waals surface area contributed by atoms with E-state index in [2.05, 4.69) is 6.07 Å². The van der Waals surface area contributed by atoms with Crippen LogP contribution in [-0.2, 0) is 10.0 Å². The van der Waals surface area contributed by atoms with Gasteiger partial charge in [-0.05, 0) is 16.7 Å². The number of aliphatic hydroxyl groups excluding tert-OH is 1. The normalized spacial score (nSPS) is 23.5. The molecule has 2 aromatic carbocycles. The number of benzene rings is 2. The Bertz CT molecular complexity index is 931. The molecule has 6 heteroatoms. The Morgan fingerprint density at radius 3 is 2.15 bits per heavy atom. The van der Waals surface area contributed by atoms with Crippen molar-refractivity contribution >= 4 is 22.2 Å². The Kier molecular flexibility index (Phi) is 5.23. The number of aliphatic hydroxyl groups is 1. The molecule has 0 aliphatic carbocycles. The summed E-state index contributed by atoms with van der Waals surface area (Å²) in [6.45, 7) is -0.314. The Balaban J connectivity index is 1.80. The van der Waals surface area contributed by atoms with Crippen LogP contribution >= 0.6 is 0 Å². The van der Waals surface area contributed by atoms with Gasteiger partial charge in [0.2, 0.25) is 10.0 Å². The molecule has 1 fully saturated rings. The van der Waals surface area contributed by atoms with Crippen LogP contribution in [0.1, 0.15) is 22.6 Å². The first kappa shape index (κ1) is 18.3. The Hall–Kier alpha value is -2.46. The van der Waals surface area contributed by atoms with Gasteiger partial charge in [0.25, 0.3) is 0 Å². The maximum Gasteiger partial charge on any atom is 0.212 e. The van der Waals surface area contributed by atoms with E-state index in [0.717, 1.165) is 27.3 Å². The predicted molar refractivity (Wildman–Crippen MR) is 102 cm³/mol. The third-order valence-electron chi connectivity index (χ3n) is 4.65. The van der Waals surface area contributed by atoms with Gasteiger partial charge in [-0.3, -0.25) is 0 Å². The van der Waals surface area contributed by atoms with E-state index in [1.165, 1.54) is 0 Å². The number of hydrogen-bond donors (Lipinski definition) is 1. The first-order chi connectivity index (χ1) is 12.5. The van der Waals surface area contributed by atoms with Gasteiger partial charge in [0, 0.05) is 5.92 Å². The molecule has 0 aromatic heterocycles. The molecule has 3 atom stereocenters. The molecule has 0 unspecified atom stereocenters. The van der Waals surface area contributed by atoms with E-state index in [4.69, 9.17) is 0 Å². The van der Waals surface area contributed by atoms with Gasteiger partial charge < -0.3 is 5.11 Å². The van der Waals surface area contributed by atoms with Gasteiger partial charge in [-0.15, -0.1) is 0 Å². The summed E-state index contributed by atoms with van der Waals surface area (Å²) in [5.74, 6) is -0.327. The number of rotatable bonds is 5. The van der Waals surface area contributed by atoms with Gasteiger partial charge in [-0.1, -0.05) is 66.7 Å². The SMILES string of the molecule is CS(=O)(=O)N1[C@H](C#N)[C@@H](c2ccc(C=Cc3ccccc3)cc2)[C@H]1CO. The molecule has 1 N–H and O–H groups in total. The van der Waals surface area contributed by atoms with Crippen molar-refractivity contribution in [2.24, 2.45) is 0 Å². The average Bonchev–Trinajstić information content (AvgIpc) is 2.60. The maximum atomic E-state index is 11.9. The molecule has 0 saturated carbocycles. The van der Waals surface area contributed by atoms with Crippen LogP contribution in [0.4, 0.5) is 0 Å². The molecule has 0 spiro atoms. The molecule has 26 heavy (non-hydrogen) atoms. The van der Waals surface area contributed by atoms with Crippen molar-refractivity contribution in [2.75, 3.05) is 12.9 Å². The van der Waals surface area contributed by atoms with Crippen molar-refractivity contribution < 1.29 is 13.5 Å². The van der Waals surface area contributed by atoms with Crippen LogP contribution in [0.15, 0.2) is 54.6 Å².